The molecule has 0 atom stereocenters. The molecule has 0 saturated carbocycles. The van der Waals surface area contributed by atoms with Crippen molar-refractivity contribution in [3.8, 4) is 22.5 Å². The number of aromatic nitrogens is 2. The predicted octanol–water partition coefficient (Wildman–Crippen LogP) is 14.2. The van der Waals surface area contributed by atoms with Crippen LogP contribution in [-0.4, -0.2) is 9.13 Å². The SMILES string of the molecule is c1ccc(-n2c3ccccc3c3cc(-c4ccc5c6ccccc6n(-c6cc7c8ccccc8c8ccccc8c7c7ccccc67)c5c4)ccc32)cc1. The Morgan fingerprint density at radius 3 is 1.43 bits per heavy atom. The molecule has 0 spiro atoms. The topological polar surface area (TPSA) is 9.86 Å². The Kier molecular flexibility index (Phi) is 6.09. The summed E-state index contributed by atoms with van der Waals surface area (Å²) in [7, 11) is 0. The third-order valence-electron chi connectivity index (χ3n) is 11.7. The second-order valence-electron chi connectivity index (χ2n) is 14.5. The fourth-order valence-electron chi connectivity index (χ4n) is 9.35. The van der Waals surface area contributed by atoms with Crippen molar-refractivity contribution in [2.75, 3.05) is 0 Å². The van der Waals surface area contributed by atoms with E-state index in [0.717, 1.165) is 0 Å². The van der Waals surface area contributed by atoms with E-state index >= 15 is 0 Å². The molecule has 2 aromatic heterocycles. The summed E-state index contributed by atoms with van der Waals surface area (Å²) in [6, 6.07) is 71.5. The van der Waals surface area contributed by atoms with Crippen LogP contribution in [0, 0.1) is 0 Å². The van der Waals surface area contributed by atoms with Crippen molar-refractivity contribution < 1.29 is 0 Å². The molecule has 0 bridgehead atoms. The van der Waals surface area contributed by atoms with E-state index in [0.29, 0.717) is 0 Å². The summed E-state index contributed by atoms with van der Waals surface area (Å²) in [6.45, 7) is 0. The Morgan fingerprint density at radius 2 is 0.704 bits per heavy atom. The maximum Gasteiger partial charge on any atom is 0.0547 e. The van der Waals surface area contributed by atoms with Crippen LogP contribution < -0.4 is 0 Å². The molecule has 0 aliphatic rings. The lowest BCUT2D eigenvalue weighted by Gasteiger charge is -2.18. The first kappa shape index (κ1) is 29.4. The molecule has 0 aliphatic carbocycles. The van der Waals surface area contributed by atoms with Gasteiger partial charge in [0.2, 0.25) is 0 Å². The maximum absolute atomic E-state index is 2.51. The van der Waals surface area contributed by atoms with Gasteiger partial charge < -0.3 is 9.13 Å². The van der Waals surface area contributed by atoms with Crippen molar-refractivity contribution in [3.63, 3.8) is 0 Å². The fourth-order valence-corrected chi connectivity index (χ4v) is 9.35. The zero-order valence-corrected chi connectivity index (χ0v) is 29.4. The number of rotatable bonds is 3. The van der Waals surface area contributed by atoms with Crippen LogP contribution >= 0.6 is 0 Å². The minimum atomic E-state index is 1.17. The van der Waals surface area contributed by atoms with Gasteiger partial charge in [0.1, 0.15) is 0 Å². The molecule has 2 nitrogen and oxygen atoms in total. The molecule has 2 heteroatoms. The molecule has 250 valence electrons. The number of hydrogen-bond donors (Lipinski definition) is 0. The van der Waals surface area contributed by atoms with E-state index in [1.165, 1.54) is 109 Å². The van der Waals surface area contributed by atoms with E-state index in [-0.39, 0.29) is 0 Å². The van der Waals surface area contributed by atoms with E-state index in [9.17, 15) is 0 Å². The number of para-hydroxylation sites is 3. The van der Waals surface area contributed by atoms with Gasteiger partial charge in [-0.25, -0.2) is 0 Å². The highest BCUT2D eigenvalue weighted by Gasteiger charge is 2.20. The highest BCUT2D eigenvalue weighted by molar-refractivity contribution is 6.32. The lowest BCUT2D eigenvalue weighted by molar-refractivity contribution is 1.18. The van der Waals surface area contributed by atoms with Crippen molar-refractivity contribution in [3.05, 3.63) is 194 Å². The Labute approximate surface area is 311 Å². The van der Waals surface area contributed by atoms with Crippen molar-refractivity contribution in [2.45, 2.75) is 0 Å². The van der Waals surface area contributed by atoms with Gasteiger partial charge in [-0.05, 0) is 97.4 Å². The van der Waals surface area contributed by atoms with Crippen LogP contribution in [0.3, 0.4) is 0 Å². The minimum absolute atomic E-state index is 1.17. The number of fused-ring (bicyclic) bond motifs is 14. The molecule has 12 rings (SSSR count). The minimum Gasteiger partial charge on any atom is -0.309 e. The molecule has 10 aromatic carbocycles. The Hall–Kier alpha value is -7.16. The molecule has 0 N–H and O–H groups in total. The Balaban J connectivity index is 1.16. The van der Waals surface area contributed by atoms with Crippen molar-refractivity contribution in [1.29, 1.82) is 0 Å². The summed E-state index contributed by atoms with van der Waals surface area (Å²) < 4.78 is 4.90. The van der Waals surface area contributed by atoms with E-state index in [4.69, 9.17) is 0 Å². The molecular formula is C52H32N2. The van der Waals surface area contributed by atoms with Crippen LogP contribution in [0.4, 0.5) is 0 Å². The summed E-state index contributed by atoms with van der Waals surface area (Å²) in [5.74, 6) is 0. The Bertz CT molecular complexity index is 3490. The van der Waals surface area contributed by atoms with Gasteiger partial charge in [-0.15, -0.1) is 0 Å². The summed E-state index contributed by atoms with van der Waals surface area (Å²) in [4.78, 5) is 0. The second kappa shape index (κ2) is 11.2. The second-order valence-corrected chi connectivity index (χ2v) is 14.5. The van der Waals surface area contributed by atoms with Crippen molar-refractivity contribution >= 4 is 86.7 Å². The molecule has 0 amide bonds. The summed E-state index contributed by atoms with van der Waals surface area (Å²) >= 11 is 0. The maximum atomic E-state index is 2.51. The Morgan fingerprint density at radius 1 is 0.241 bits per heavy atom. The lowest BCUT2D eigenvalue weighted by atomic mass is 9.90. The van der Waals surface area contributed by atoms with Crippen molar-refractivity contribution in [2.24, 2.45) is 0 Å². The first-order chi connectivity index (χ1) is 26.8. The zero-order valence-electron chi connectivity index (χ0n) is 29.4. The first-order valence-corrected chi connectivity index (χ1v) is 18.7. The quantitative estimate of drug-likeness (QED) is 0.164. The monoisotopic (exact) mass is 684 g/mol. The molecular weight excluding hydrogens is 653 g/mol. The fraction of sp³-hybridized carbons (Fsp3) is 0. The molecule has 0 unspecified atom stereocenters. The largest absolute Gasteiger partial charge is 0.309 e. The molecule has 12 aromatic rings. The van der Waals surface area contributed by atoms with Crippen LogP contribution in [0.15, 0.2) is 194 Å². The van der Waals surface area contributed by atoms with Crippen LogP contribution in [0.1, 0.15) is 0 Å². The number of nitrogens with zero attached hydrogens (tertiary/aromatic N) is 2. The molecule has 2 heterocycles. The highest BCUT2D eigenvalue weighted by atomic mass is 15.0. The van der Waals surface area contributed by atoms with E-state index in [2.05, 4.69) is 203 Å². The van der Waals surface area contributed by atoms with Crippen molar-refractivity contribution in [1.82, 2.24) is 9.13 Å². The van der Waals surface area contributed by atoms with Gasteiger partial charge in [0.15, 0.2) is 0 Å². The van der Waals surface area contributed by atoms with Gasteiger partial charge in [0.05, 0.1) is 27.8 Å². The summed E-state index contributed by atoms with van der Waals surface area (Å²) in [5, 5.41) is 15.3. The van der Waals surface area contributed by atoms with Crippen LogP contribution in [0.5, 0.6) is 0 Å². The zero-order chi connectivity index (χ0) is 35.3. The van der Waals surface area contributed by atoms with Gasteiger partial charge in [0.25, 0.3) is 0 Å². The molecule has 0 aliphatic heterocycles. The predicted molar refractivity (Wildman–Crippen MR) is 231 cm³/mol. The smallest absolute Gasteiger partial charge is 0.0547 e. The third kappa shape index (κ3) is 4.05. The first-order valence-electron chi connectivity index (χ1n) is 18.7. The van der Waals surface area contributed by atoms with Gasteiger partial charge in [-0.3, -0.25) is 0 Å². The summed E-state index contributed by atoms with van der Waals surface area (Å²) in [6.07, 6.45) is 0. The number of hydrogen-bond acceptors (Lipinski definition) is 0. The standard InChI is InChI=1S/C52H32N2/c1-2-14-35(15-3-1)53-47-24-12-11-21-41(47)45-30-33(27-29-49(45)53)34-26-28-42-39-19-10-13-25-48(39)54(50(42)31-34)51-32-46-38-18-5-4-16-36(38)37-17-6-8-22-43(37)52(46)44-23-9-7-20-40(44)51/h1-32H. The van der Waals surface area contributed by atoms with E-state index < -0.39 is 0 Å². The molecule has 0 saturated heterocycles. The molecule has 54 heavy (non-hydrogen) atoms. The molecule has 0 radical (unpaired) electrons. The average Bonchev–Trinajstić information content (AvgIpc) is 3.75. The van der Waals surface area contributed by atoms with Gasteiger partial charge >= 0.3 is 0 Å². The summed E-state index contributed by atoms with van der Waals surface area (Å²) in [5.41, 5.74) is 9.62. The molecule has 0 fully saturated rings. The van der Waals surface area contributed by atoms with E-state index in [1.54, 1.807) is 0 Å². The van der Waals surface area contributed by atoms with E-state index in [1.807, 2.05) is 0 Å². The third-order valence-corrected chi connectivity index (χ3v) is 11.7. The number of benzene rings is 10. The van der Waals surface area contributed by atoms with Gasteiger partial charge in [0, 0.05) is 32.6 Å². The van der Waals surface area contributed by atoms with Crippen LogP contribution in [-0.2, 0) is 0 Å². The van der Waals surface area contributed by atoms with Crippen LogP contribution in [0.25, 0.3) is 109 Å². The van der Waals surface area contributed by atoms with Gasteiger partial charge in [-0.2, -0.15) is 0 Å². The normalized spacial score (nSPS) is 12.1. The van der Waals surface area contributed by atoms with Gasteiger partial charge in [-0.1, -0.05) is 146 Å². The van der Waals surface area contributed by atoms with Crippen LogP contribution in [0.2, 0.25) is 0 Å². The lowest BCUT2D eigenvalue weighted by Crippen LogP contribution is -1.97. The highest BCUT2D eigenvalue weighted by Crippen LogP contribution is 2.44. The average molecular weight is 685 g/mol.